The molecular formula is C29H35N3O5S. The predicted molar refractivity (Wildman–Crippen MR) is 148 cm³/mol. The summed E-state index contributed by atoms with van der Waals surface area (Å²) in [5.74, 6) is -0.0448. The monoisotopic (exact) mass is 537 g/mol. The molecule has 0 aliphatic carbocycles. The molecule has 3 aromatic rings. The van der Waals surface area contributed by atoms with Crippen molar-refractivity contribution in [3.63, 3.8) is 0 Å². The van der Waals surface area contributed by atoms with Crippen LogP contribution in [0.25, 0.3) is 0 Å². The van der Waals surface area contributed by atoms with Gasteiger partial charge in [0, 0.05) is 26.2 Å². The van der Waals surface area contributed by atoms with Gasteiger partial charge in [0.25, 0.3) is 10.0 Å². The molecule has 0 atom stereocenters. The maximum atomic E-state index is 13.7. The van der Waals surface area contributed by atoms with Crippen molar-refractivity contribution >= 4 is 21.6 Å². The third-order valence-corrected chi connectivity index (χ3v) is 8.30. The fourth-order valence-corrected chi connectivity index (χ4v) is 5.72. The first kappa shape index (κ1) is 27.6. The van der Waals surface area contributed by atoms with E-state index in [4.69, 9.17) is 9.47 Å². The van der Waals surface area contributed by atoms with Gasteiger partial charge in [-0.15, -0.1) is 0 Å². The molecule has 0 radical (unpaired) electrons. The van der Waals surface area contributed by atoms with Gasteiger partial charge in [0.05, 0.1) is 30.9 Å². The number of carbonyl (C=O) groups excluding carboxylic acids is 1. The molecule has 0 saturated carbocycles. The number of benzene rings is 3. The summed E-state index contributed by atoms with van der Waals surface area (Å²) in [7, 11) is -2.56. The van der Waals surface area contributed by atoms with Crippen LogP contribution in [0.2, 0.25) is 0 Å². The van der Waals surface area contributed by atoms with E-state index < -0.39 is 15.9 Å². The smallest absolute Gasteiger partial charge is 0.264 e. The highest BCUT2D eigenvalue weighted by molar-refractivity contribution is 7.92. The molecule has 8 nitrogen and oxygen atoms in total. The van der Waals surface area contributed by atoms with E-state index in [-0.39, 0.29) is 11.4 Å². The second kappa shape index (κ2) is 12.4. The number of hydrogen-bond acceptors (Lipinski definition) is 6. The number of nitrogens with one attached hydrogen (secondary N) is 1. The number of methoxy groups -OCH3 is 1. The predicted octanol–water partition coefficient (Wildman–Crippen LogP) is 3.66. The second-order valence-corrected chi connectivity index (χ2v) is 11.3. The molecule has 0 bridgehead atoms. The first-order valence-corrected chi connectivity index (χ1v) is 14.1. The molecule has 0 unspecified atom stereocenters. The largest absolute Gasteiger partial charge is 0.495 e. The topological polar surface area (TPSA) is 88.2 Å². The number of amides is 1. The highest BCUT2D eigenvalue weighted by Gasteiger charge is 2.29. The lowest BCUT2D eigenvalue weighted by Crippen LogP contribution is -2.41. The number of morpholine rings is 1. The van der Waals surface area contributed by atoms with Crippen LogP contribution >= 0.6 is 0 Å². The SMILES string of the molecule is COc1ccc(C)cc1N(CC(=O)NCc1ccc(CN2CCOCC2)cc1)S(=O)(=O)c1ccc(C)cc1. The van der Waals surface area contributed by atoms with Crippen molar-refractivity contribution in [3.8, 4) is 5.75 Å². The van der Waals surface area contributed by atoms with Crippen LogP contribution in [0.3, 0.4) is 0 Å². The van der Waals surface area contributed by atoms with Crippen molar-refractivity contribution in [2.75, 3.05) is 44.3 Å². The Morgan fingerprint density at radius 3 is 2.24 bits per heavy atom. The van der Waals surface area contributed by atoms with Crippen molar-refractivity contribution in [2.45, 2.75) is 31.8 Å². The molecular weight excluding hydrogens is 502 g/mol. The van der Waals surface area contributed by atoms with Crippen molar-refractivity contribution in [1.82, 2.24) is 10.2 Å². The minimum atomic E-state index is -4.04. The number of aryl methyl sites for hydroxylation is 2. The third kappa shape index (κ3) is 6.92. The van der Waals surface area contributed by atoms with Crippen LogP contribution < -0.4 is 14.4 Å². The number of sulfonamides is 1. The summed E-state index contributed by atoms with van der Waals surface area (Å²) in [5, 5.41) is 2.87. The van der Waals surface area contributed by atoms with Crippen LogP contribution in [0.1, 0.15) is 22.3 Å². The first-order valence-electron chi connectivity index (χ1n) is 12.6. The van der Waals surface area contributed by atoms with Crippen molar-refractivity contribution in [3.05, 3.63) is 89.0 Å². The molecule has 1 fully saturated rings. The van der Waals surface area contributed by atoms with Gasteiger partial charge in [0.15, 0.2) is 0 Å². The summed E-state index contributed by atoms with van der Waals surface area (Å²) in [6.07, 6.45) is 0. The van der Waals surface area contributed by atoms with Crippen LogP contribution in [0.4, 0.5) is 5.69 Å². The maximum absolute atomic E-state index is 13.7. The number of ether oxygens (including phenoxy) is 2. The summed E-state index contributed by atoms with van der Waals surface area (Å²) in [4.78, 5) is 15.5. The standard InChI is InChI=1S/C29H35N3O5S/c1-22-4-11-26(12-5-22)38(34,35)32(27-18-23(2)6-13-28(27)36-3)21-29(33)30-19-24-7-9-25(10-8-24)20-31-14-16-37-17-15-31/h4-13,18H,14-17,19-21H2,1-3H3,(H,30,33). The molecule has 0 spiro atoms. The van der Waals surface area contributed by atoms with Gasteiger partial charge >= 0.3 is 0 Å². The Balaban J connectivity index is 1.48. The minimum Gasteiger partial charge on any atom is -0.495 e. The Morgan fingerprint density at radius 1 is 0.947 bits per heavy atom. The van der Waals surface area contributed by atoms with E-state index in [0.717, 1.165) is 53.8 Å². The zero-order valence-electron chi connectivity index (χ0n) is 22.1. The summed E-state index contributed by atoms with van der Waals surface area (Å²) in [6.45, 7) is 7.88. The molecule has 1 aliphatic heterocycles. The number of anilines is 1. The zero-order chi connectivity index (χ0) is 27.1. The molecule has 38 heavy (non-hydrogen) atoms. The summed E-state index contributed by atoms with van der Waals surface area (Å²) < 4.78 is 39.4. The Kier molecular flexibility index (Phi) is 9.04. The van der Waals surface area contributed by atoms with Crippen molar-refractivity contribution in [2.24, 2.45) is 0 Å². The average molecular weight is 538 g/mol. The number of carbonyl (C=O) groups is 1. The highest BCUT2D eigenvalue weighted by Crippen LogP contribution is 2.33. The molecule has 1 N–H and O–H groups in total. The molecule has 3 aromatic carbocycles. The molecule has 1 amide bonds. The van der Waals surface area contributed by atoms with Crippen LogP contribution in [0, 0.1) is 13.8 Å². The fraction of sp³-hybridized carbons (Fsp3) is 0.345. The molecule has 1 heterocycles. The van der Waals surface area contributed by atoms with Gasteiger partial charge in [-0.3, -0.25) is 14.0 Å². The van der Waals surface area contributed by atoms with Crippen LogP contribution in [-0.4, -0.2) is 59.2 Å². The lowest BCUT2D eigenvalue weighted by Gasteiger charge is -2.26. The minimum absolute atomic E-state index is 0.107. The van der Waals surface area contributed by atoms with Gasteiger partial charge in [0.1, 0.15) is 12.3 Å². The lowest BCUT2D eigenvalue weighted by atomic mass is 10.1. The fourth-order valence-electron chi connectivity index (χ4n) is 4.30. The van der Waals surface area contributed by atoms with E-state index in [1.807, 2.05) is 32.0 Å². The Hall–Kier alpha value is -3.40. The third-order valence-electron chi connectivity index (χ3n) is 6.52. The molecule has 0 aromatic heterocycles. The summed E-state index contributed by atoms with van der Waals surface area (Å²) >= 11 is 0. The van der Waals surface area contributed by atoms with Crippen molar-refractivity contribution in [1.29, 1.82) is 0 Å². The van der Waals surface area contributed by atoms with Gasteiger partial charge in [-0.25, -0.2) is 8.42 Å². The van der Waals surface area contributed by atoms with Gasteiger partial charge in [-0.1, -0.05) is 48.0 Å². The normalized spacial score (nSPS) is 14.2. The van der Waals surface area contributed by atoms with Crippen LogP contribution in [0.15, 0.2) is 71.6 Å². The van der Waals surface area contributed by atoms with E-state index in [9.17, 15) is 13.2 Å². The summed E-state index contributed by atoms with van der Waals surface area (Å²) in [6, 6.07) is 19.9. The van der Waals surface area contributed by atoms with Gasteiger partial charge in [-0.05, 0) is 54.8 Å². The van der Waals surface area contributed by atoms with Crippen molar-refractivity contribution < 1.29 is 22.7 Å². The van der Waals surface area contributed by atoms with E-state index in [2.05, 4.69) is 22.3 Å². The quantitative estimate of drug-likeness (QED) is 0.425. The second-order valence-electron chi connectivity index (χ2n) is 9.48. The highest BCUT2D eigenvalue weighted by atomic mass is 32.2. The molecule has 9 heteroatoms. The maximum Gasteiger partial charge on any atom is 0.264 e. The number of hydrogen-bond donors (Lipinski definition) is 1. The molecule has 1 saturated heterocycles. The molecule has 4 rings (SSSR count). The lowest BCUT2D eigenvalue weighted by molar-refractivity contribution is -0.119. The Morgan fingerprint density at radius 2 is 1.58 bits per heavy atom. The number of rotatable bonds is 10. The summed E-state index contributed by atoms with van der Waals surface area (Å²) in [5.41, 5.74) is 4.24. The molecule has 202 valence electrons. The first-order chi connectivity index (χ1) is 18.3. The van der Waals surface area contributed by atoms with Gasteiger partial charge < -0.3 is 14.8 Å². The Labute approximate surface area is 225 Å². The van der Waals surface area contributed by atoms with Gasteiger partial charge in [0.2, 0.25) is 5.91 Å². The van der Waals surface area contributed by atoms with E-state index in [1.54, 1.807) is 36.4 Å². The molecule has 1 aliphatic rings. The number of nitrogens with zero attached hydrogens (tertiary/aromatic N) is 2. The zero-order valence-corrected chi connectivity index (χ0v) is 23.0. The van der Waals surface area contributed by atoms with Gasteiger partial charge in [-0.2, -0.15) is 0 Å². The van der Waals surface area contributed by atoms with Crippen LogP contribution in [0.5, 0.6) is 5.75 Å². The Bertz CT molecular complexity index is 1340. The average Bonchev–Trinajstić information content (AvgIpc) is 2.92. The van der Waals surface area contributed by atoms with E-state index >= 15 is 0 Å². The van der Waals surface area contributed by atoms with E-state index in [0.29, 0.717) is 18.0 Å². The van der Waals surface area contributed by atoms with Crippen LogP contribution in [-0.2, 0) is 32.6 Å². The van der Waals surface area contributed by atoms with E-state index in [1.165, 1.54) is 12.7 Å².